The van der Waals surface area contributed by atoms with Crippen molar-refractivity contribution in [2.75, 3.05) is 5.32 Å². The molecule has 1 heterocycles. The molecule has 3 nitrogen and oxygen atoms in total. The van der Waals surface area contributed by atoms with Gasteiger partial charge in [0.15, 0.2) is 0 Å². The van der Waals surface area contributed by atoms with E-state index in [0.29, 0.717) is 5.58 Å². The zero-order valence-electron chi connectivity index (χ0n) is 11.4. The zero-order valence-corrected chi connectivity index (χ0v) is 11.4. The molecule has 0 saturated carbocycles. The first-order chi connectivity index (χ1) is 9.61. The predicted molar refractivity (Wildman–Crippen MR) is 81.7 cm³/mol. The molecule has 3 heteroatoms. The van der Waals surface area contributed by atoms with Gasteiger partial charge in [-0.1, -0.05) is 12.1 Å². The average Bonchev–Trinajstić information content (AvgIpc) is 2.38. The summed E-state index contributed by atoms with van der Waals surface area (Å²) in [5.41, 5.74) is 4.32. The minimum absolute atomic E-state index is 0.317. The normalized spacial score (nSPS) is 10.7. The van der Waals surface area contributed by atoms with Crippen LogP contribution in [0.25, 0.3) is 11.0 Å². The van der Waals surface area contributed by atoms with Gasteiger partial charge in [-0.15, -0.1) is 0 Å². The summed E-state index contributed by atoms with van der Waals surface area (Å²) in [4.78, 5) is 11.4. The molecule has 0 radical (unpaired) electrons. The Morgan fingerprint density at radius 1 is 0.950 bits per heavy atom. The third kappa shape index (κ3) is 2.43. The molecule has 20 heavy (non-hydrogen) atoms. The molecule has 0 aliphatic carbocycles. The zero-order chi connectivity index (χ0) is 14.1. The second-order valence-electron chi connectivity index (χ2n) is 4.95. The van der Waals surface area contributed by atoms with Crippen LogP contribution in [0, 0.1) is 13.8 Å². The molecule has 0 amide bonds. The van der Waals surface area contributed by atoms with Crippen LogP contribution in [-0.4, -0.2) is 0 Å². The number of rotatable bonds is 2. The molecule has 0 atom stereocenters. The van der Waals surface area contributed by atoms with Crippen molar-refractivity contribution in [2.24, 2.45) is 0 Å². The summed E-state index contributed by atoms with van der Waals surface area (Å²) in [6.07, 6.45) is 0. The molecule has 3 rings (SSSR count). The second-order valence-corrected chi connectivity index (χ2v) is 4.95. The van der Waals surface area contributed by atoms with Gasteiger partial charge in [0.2, 0.25) is 0 Å². The number of fused-ring (bicyclic) bond motifs is 1. The van der Waals surface area contributed by atoms with E-state index in [0.717, 1.165) is 22.3 Å². The van der Waals surface area contributed by atoms with Crippen molar-refractivity contribution >= 4 is 22.3 Å². The van der Waals surface area contributed by atoms with Gasteiger partial charge in [0, 0.05) is 28.9 Å². The summed E-state index contributed by atoms with van der Waals surface area (Å²) >= 11 is 0. The number of hydrogen-bond acceptors (Lipinski definition) is 3. The van der Waals surface area contributed by atoms with Gasteiger partial charge in [0.1, 0.15) is 5.58 Å². The van der Waals surface area contributed by atoms with Crippen LogP contribution in [0.3, 0.4) is 0 Å². The molecule has 0 saturated heterocycles. The van der Waals surface area contributed by atoms with Crippen LogP contribution < -0.4 is 10.9 Å². The van der Waals surface area contributed by atoms with Crippen LogP contribution in [-0.2, 0) is 0 Å². The van der Waals surface area contributed by atoms with Crippen molar-refractivity contribution < 1.29 is 4.42 Å². The number of aryl methyl sites for hydroxylation is 2. The Bertz CT molecular complexity index is 834. The Kier molecular flexibility index (Phi) is 3.03. The smallest absolute Gasteiger partial charge is 0.336 e. The molecule has 0 bridgehead atoms. The minimum atomic E-state index is -0.317. The number of anilines is 2. The number of benzene rings is 2. The Morgan fingerprint density at radius 2 is 1.75 bits per heavy atom. The molecule has 0 aliphatic heterocycles. The third-order valence-electron chi connectivity index (χ3n) is 3.26. The summed E-state index contributed by atoms with van der Waals surface area (Å²) in [6.45, 7) is 3.96. The van der Waals surface area contributed by atoms with Gasteiger partial charge in [0.05, 0.1) is 0 Å². The van der Waals surface area contributed by atoms with Crippen LogP contribution in [0.15, 0.2) is 57.7 Å². The highest BCUT2D eigenvalue weighted by Gasteiger charge is 2.03. The first-order valence-corrected chi connectivity index (χ1v) is 6.50. The lowest BCUT2D eigenvalue weighted by molar-refractivity contribution is 0.560. The second kappa shape index (κ2) is 4.85. The van der Waals surface area contributed by atoms with Crippen molar-refractivity contribution in [2.45, 2.75) is 13.8 Å². The third-order valence-corrected chi connectivity index (χ3v) is 3.26. The fourth-order valence-electron chi connectivity index (χ4n) is 2.29. The van der Waals surface area contributed by atoms with Crippen molar-refractivity contribution in [3.05, 3.63) is 70.1 Å². The Balaban J connectivity index is 2.03. The summed E-state index contributed by atoms with van der Waals surface area (Å²) in [5.74, 6) is 0. The van der Waals surface area contributed by atoms with E-state index in [1.807, 2.05) is 50.2 Å². The SMILES string of the molecule is Cc1cccc(Nc2ccc3c(C)cc(=O)oc3c2)c1. The predicted octanol–water partition coefficient (Wildman–Crippen LogP) is 4.15. The Labute approximate surface area is 116 Å². The average molecular weight is 265 g/mol. The molecular weight excluding hydrogens is 250 g/mol. The highest BCUT2D eigenvalue weighted by molar-refractivity contribution is 5.84. The molecule has 3 aromatic rings. The molecule has 0 spiro atoms. The van der Waals surface area contributed by atoms with Gasteiger partial charge in [-0.05, 0) is 49.2 Å². The van der Waals surface area contributed by atoms with Crippen molar-refractivity contribution in [3.63, 3.8) is 0 Å². The summed E-state index contributed by atoms with van der Waals surface area (Å²) in [6, 6.07) is 15.4. The Morgan fingerprint density at radius 3 is 2.55 bits per heavy atom. The molecular formula is C17H15NO2. The maximum absolute atomic E-state index is 11.4. The summed E-state index contributed by atoms with van der Waals surface area (Å²) in [5, 5.41) is 4.27. The highest BCUT2D eigenvalue weighted by Crippen LogP contribution is 2.23. The Hall–Kier alpha value is -2.55. The van der Waals surface area contributed by atoms with Gasteiger partial charge in [0.25, 0.3) is 0 Å². The van der Waals surface area contributed by atoms with Gasteiger partial charge in [-0.25, -0.2) is 4.79 Å². The van der Waals surface area contributed by atoms with E-state index in [2.05, 4.69) is 11.4 Å². The van der Waals surface area contributed by atoms with E-state index in [9.17, 15) is 4.79 Å². The van der Waals surface area contributed by atoms with E-state index >= 15 is 0 Å². The van der Waals surface area contributed by atoms with Gasteiger partial charge >= 0.3 is 5.63 Å². The molecule has 0 aliphatic rings. The molecule has 100 valence electrons. The first-order valence-electron chi connectivity index (χ1n) is 6.50. The summed E-state index contributed by atoms with van der Waals surface area (Å²) < 4.78 is 5.25. The number of nitrogens with one attached hydrogen (secondary N) is 1. The van der Waals surface area contributed by atoms with Crippen molar-refractivity contribution in [3.8, 4) is 0 Å². The standard InChI is InChI=1S/C17H15NO2/c1-11-4-3-5-13(8-11)18-14-6-7-15-12(2)9-17(19)20-16(15)10-14/h3-10,18H,1-2H3. The maximum Gasteiger partial charge on any atom is 0.336 e. The molecule has 1 N–H and O–H groups in total. The van der Waals surface area contributed by atoms with Crippen LogP contribution in [0.1, 0.15) is 11.1 Å². The van der Waals surface area contributed by atoms with Crippen LogP contribution in [0.5, 0.6) is 0 Å². The summed E-state index contributed by atoms with van der Waals surface area (Å²) in [7, 11) is 0. The van der Waals surface area contributed by atoms with E-state index < -0.39 is 0 Å². The highest BCUT2D eigenvalue weighted by atomic mass is 16.4. The first kappa shape index (κ1) is 12.5. The van der Waals surface area contributed by atoms with Crippen LogP contribution >= 0.6 is 0 Å². The van der Waals surface area contributed by atoms with Crippen LogP contribution in [0.2, 0.25) is 0 Å². The van der Waals surface area contributed by atoms with Gasteiger partial charge < -0.3 is 9.73 Å². The minimum Gasteiger partial charge on any atom is -0.423 e. The molecule has 0 fully saturated rings. The van der Waals surface area contributed by atoms with E-state index in [-0.39, 0.29) is 5.63 Å². The van der Waals surface area contributed by atoms with E-state index in [1.165, 1.54) is 11.6 Å². The topological polar surface area (TPSA) is 42.2 Å². The molecule has 2 aromatic carbocycles. The van der Waals surface area contributed by atoms with Gasteiger partial charge in [-0.3, -0.25) is 0 Å². The van der Waals surface area contributed by atoms with Crippen LogP contribution in [0.4, 0.5) is 11.4 Å². The number of hydrogen-bond donors (Lipinski definition) is 1. The fourth-order valence-corrected chi connectivity index (χ4v) is 2.29. The largest absolute Gasteiger partial charge is 0.423 e. The van der Waals surface area contributed by atoms with E-state index in [1.54, 1.807) is 0 Å². The molecule has 1 aromatic heterocycles. The molecule has 0 unspecified atom stereocenters. The quantitative estimate of drug-likeness (QED) is 0.708. The lowest BCUT2D eigenvalue weighted by atomic mass is 10.1. The fraction of sp³-hybridized carbons (Fsp3) is 0.118. The van der Waals surface area contributed by atoms with Crippen molar-refractivity contribution in [1.82, 2.24) is 0 Å². The lowest BCUT2D eigenvalue weighted by Crippen LogP contribution is -1.98. The monoisotopic (exact) mass is 265 g/mol. The van der Waals surface area contributed by atoms with Crippen molar-refractivity contribution in [1.29, 1.82) is 0 Å². The van der Waals surface area contributed by atoms with E-state index in [4.69, 9.17) is 4.42 Å². The lowest BCUT2D eigenvalue weighted by Gasteiger charge is -2.08. The maximum atomic E-state index is 11.4. The van der Waals surface area contributed by atoms with Gasteiger partial charge in [-0.2, -0.15) is 0 Å².